The van der Waals surface area contributed by atoms with Gasteiger partial charge in [-0.3, -0.25) is 19.1 Å². The number of H-pyrrole nitrogens is 1. The third kappa shape index (κ3) is 3.62. The largest absolute Gasteiger partial charge is 0.418 e. The van der Waals surface area contributed by atoms with E-state index in [0.717, 1.165) is 29.0 Å². The van der Waals surface area contributed by atoms with Crippen LogP contribution in [0.25, 0.3) is 0 Å². The van der Waals surface area contributed by atoms with Crippen molar-refractivity contribution in [1.82, 2.24) is 9.55 Å². The fourth-order valence-corrected chi connectivity index (χ4v) is 1.75. The van der Waals surface area contributed by atoms with E-state index in [1.807, 2.05) is 4.98 Å². The van der Waals surface area contributed by atoms with Crippen LogP contribution in [0.1, 0.15) is 5.56 Å². The van der Waals surface area contributed by atoms with Crippen LogP contribution in [-0.2, 0) is 17.5 Å². The summed E-state index contributed by atoms with van der Waals surface area (Å²) in [7, 11) is 0. The zero-order chi connectivity index (χ0) is 16.3. The van der Waals surface area contributed by atoms with Gasteiger partial charge in [-0.1, -0.05) is 12.1 Å². The Hall–Kier alpha value is -2.84. The summed E-state index contributed by atoms with van der Waals surface area (Å²) in [6, 6.07) is 5.51. The number of hydrogen-bond donors (Lipinski definition) is 2. The normalized spacial score (nSPS) is 11.2. The Labute approximate surface area is 121 Å². The number of nitrogens with one attached hydrogen (secondary N) is 2. The van der Waals surface area contributed by atoms with Gasteiger partial charge in [0.25, 0.3) is 5.56 Å². The average molecular weight is 313 g/mol. The van der Waals surface area contributed by atoms with Gasteiger partial charge >= 0.3 is 11.9 Å². The molecule has 2 N–H and O–H groups in total. The van der Waals surface area contributed by atoms with Crippen molar-refractivity contribution in [2.75, 3.05) is 5.32 Å². The molecule has 0 atom stereocenters. The maximum absolute atomic E-state index is 12.8. The minimum atomic E-state index is -4.61. The van der Waals surface area contributed by atoms with Crippen molar-refractivity contribution >= 4 is 11.6 Å². The highest BCUT2D eigenvalue weighted by Crippen LogP contribution is 2.34. The second kappa shape index (κ2) is 5.88. The third-order valence-corrected chi connectivity index (χ3v) is 2.72. The highest BCUT2D eigenvalue weighted by Gasteiger charge is 2.33. The minimum absolute atomic E-state index is 0.405. The molecule has 0 unspecified atom stereocenters. The van der Waals surface area contributed by atoms with E-state index in [1.54, 1.807) is 0 Å². The fourth-order valence-electron chi connectivity index (χ4n) is 1.75. The van der Waals surface area contributed by atoms with E-state index in [4.69, 9.17) is 0 Å². The Morgan fingerprint density at radius 2 is 1.86 bits per heavy atom. The van der Waals surface area contributed by atoms with Crippen LogP contribution in [0.2, 0.25) is 0 Å². The van der Waals surface area contributed by atoms with E-state index in [0.29, 0.717) is 0 Å². The second-order valence-corrected chi connectivity index (χ2v) is 4.33. The molecule has 9 heteroatoms. The molecule has 1 heterocycles. The van der Waals surface area contributed by atoms with E-state index in [-0.39, 0.29) is 0 Å². The molecule has 0 saturated carbocycles. The zero-order valence-corrected chi connectivity index (χ0v) is 11.0. The molecule has 0 saturated heterocycles. The Bertz CT molecular complexity index is 808. The summed E-state index contributed by atoms with van der Waals surface area (Å²) in [6.45, 7) is -0.526. The van der Waals surface area contributed by atoms with Crippen molar-refractivity contribution in [3.8, 4) is 0 Å². The maximum atomic E-state index is 12.8. The van der Waals surface area contributed by atoms with E-state index in [2.05, 4.69) is 5.32 Å². The van der Waals surface area contributed by atoms with Crippen molar-refractivity contribution in [3.63, 3.8) is 0 Å². The molecule has 1 aromatic carbocycles. The molecule has 0 spiro atoms. The number of benzene rings is 1. The Kier molecular flexibility index (Phi) is 4.15. The monoisotopic (exact) mass is 313 g/mol. The predicted molar refractivity (Wildman–Crippen MR) is 71.4 cm³/mol. The number of hydrogen-bond acceptors (Lipinski definition) is 3. The van der Waals surface area contributed by atoms with E-state index >= 15 is 0 Å². The van der Waals surface area contributed by atoms with E-state index in [9.17, 15) is 27.6 Å². The lowest BCUT2D eigenvalue weighted by atomic mass is 10.1. The molecular weight excluding hydrogens is 303 g/mol. The van der Waals surface area contributed by atoms with Crippen LogP contribution >= 0.6 is 0 Å². The molecule has 0 radical (unpaired) electrons. The average Bonchev–Trinajstić information content (AvgIpc) is 2.41. The molecule has 2 rings (SSSR count). The number of anilines is 1. The van der Waals surface area contributed by atoms with Gasteiger partial charge < -0.3 is 5.32 Å². The van der Waals surface area contributed by atoms with Gasteiger partial charge in [0.2, 0.25) is 5.91 Å². The minimum Gasteiger partial charge on any atom is -0.324 e. The number of nitrogens with zero attached hydrogens (tertiary/aromatic N) is 1. The molecule has 116 valence electrons. The molecule has 0 bridgehead atoms. The van der Waals surface area contributed by atoms with Crippen LogP contribution < -0.4 is 16.6 Å². The zero-order valence-electron chi connectivity index (χ0n) is 11.0. The summed E-state index contributed by atoms with van der Waals surface area (Å²) >= 11 is 0. The topological polar surface area (TPSA) is 84.0 Å². The van der Waals surface area contributed by atoms with Crippen molar-refractivity contribution in [2.45, 2.75) is 12.7 Å². The van der Waals surface area contributed by atoms with Crippen molar-refractivity contribution in [2.24, 2.45) is 0 Å². The summed E-state index contributed by atoms with van der Waals surface area (Å²) in [5, 5.41) is 2.10. The summed E-state index contributed by atoms with van der Waals surface area (Å²) in [4.78, 5) is 36.0. The van der Waals surface area contributed by atoms with Crippen LogP contribution in [-0.4, -0.2) is 15.5 Å². The number of halogens is 3. The number of amides is 1. The van der Waals surface area contributed by atoms with Gasteiger partial charge in [0, 0.05) is 12.3 Å². The van der Waals surface area contributed by atoms with Crippen molar-refractivity contribution < 1.29 is 18.0 Å². The highest BCUT2D eigenvalue weighted by molar-refractivity contribution is 5.91. The number of aromatic amines is 1. The van der Waals surface area contributed by atoms with Crippen LogP contribution in [0.5, 0.6) is 0 Å². The van der Waals surface area contributed by atoms with Gasteiger partial charge in [-0.15, -0.1) is 0 Å². The lowest BCUT2D eigenvalue weighted by Crippen LogP contribution is -2.32. The first-order valence-corrected chi connectivity index (χ1v) is 6.03. The van der Waals surface area contributed by atoms with Gasteiger partial charge in [-0.05, 0) is 12.1 Å². The number of aromatic nitrogens is 2. The van der Waals surface area contributed by atoms with E-state index < -0.39 is 41.1 Å². The van der Waals surface area contributed by atoms with Gasteiger partial charge in [0.05, 0.1) is 11.3 Å². The van der Waals surface area contributed by atoms with Gasteiger partial charge in [0.15, 0.2) is 0 Å². The molecule has 0 aliphatic heterocycles. The molecule has 1 aromatic heterocycles. The van der Waals surface area contributed by atoms with Crippen LogP contribution in [0.4, 0.5) is 18.9 Å². The maximum Gasteiger partial charge on any atom is 0.418 e. The first kappa shape index (κ1) is 15.5. The Morgan fingerprint density at radius 3 is 2.50 bits per heavy atom. The van der Waals surface area contributed by atoms with Crippen molar-refractivity contribution in [1.29, 1.82) is 0 Å². The first-order chi connectivity index (χ1) is 10.3. The first-order valence-electron chi connectivity index (χ1n) is 6.03. The SMILES string of the molecule is O=C(Cn1ccc(=O)[nH]c1=O)Nc1ccccc1C(F)(F)F. The molecule has 2 aromatic rings. The summed E-state index contributed by atoms with van der Waals surface area (Å²) < 4.78 is 39.2. The lowest BCUT2D eigenvalue weighted by molar-refractivity contribution is -0.137. The van der Waals surface area contributed by atoms with Crippen LogP contribution in [0.15, 0.2) is 46.1 Å². The smallest absolute Gasteiger partial charge is 0.324 e. The summed E-state index contributed by atoms with van der Waals surface area (Å²) in [5.41, 5.74) is -2.86. The molecular formula is C13H10F3N3O3. The molecule has 0 aliphatic rings. The lowest BCUT2D eigenvalue weighted by Gasteiger charge is -2.13. The highest BCUT2D eigenvalue weighted by atomic mass is 19.4. The number of para-hydroxylation sites is 1. The number of carbonyl (C=O) groups excluding carboxylic acids is 1. The van der Waals surface area contributed by atoms with Crippen LogP contribution in [0.3, 0.4) is 0 Å². The molecule has 6 nitrogen and oxygen atoms in total. The molecule has 0 fully saturated rings. The Morgan fingerprint density at radius 1 is 1.18 bits per heavy atom. The van der Waals surface area contributed by atoms with Gasteiger partial charge in [0.1, 0.15) is 6.54 Å². The summed E-state index contributed by atoms with van der Waals surface area (Å²) in [5.74, 6) is -0.828. The van der Waals surface area contributed by atoms with Gasteiger partial charge in [-0.2, -0.15) is 13.2 Å². The second-order valence-electron chi connectivity index (χ2n) is 4.33. The third-order valence-electron chi connectivity index (χ3n) is 2.72. The number of rotatable bonds is 3. The molecule has 22 heavy (non-hydrogen) atoms. The van der Waals surface area contributed by atoms with E-state index in [1.165, 1.54) is 12.1 Å². The van der Waals surface area contributed by atoms with Crippen LogP contribution in [0, 0.1) is 0 Å². The standard InChI is InChI=1S/C13H10F3N3O3/c14-13(15,16)8-3-1-2-4-9(8)17-11(21)7-19-6-5-10(20)18-12(19)22/h1-6H,7H2,(H,17,21)(H,18,20,22). The predicted octanol–water partition coefficient (Wildman–Crippen LogP) is 1.19. The number of carbonyl (C=O) groups is 1. The quantitative estimate of drug-likeness (QED) is 0.893. The number of alkyl halides is 3. The molecule has 1 amide bonds. The van der Waals surface area contributed by atoms with Gasteiger partial charge in [-0.25, -0.2) is 4.79 Å². The fraction of sp³-hybridized carbons (Fsp3) is 0.154. The summed E-state index contributed by atoms with van der Waals surface area (Å²) in [6.07, 6.45) is -3.53. The van der Waals surface area contributed by atoms with Crippen molar-refractivity contribution in [3.05, 3.63) is 62.9 Å². The molecule has 0 aliphatic carbocycles. The Balaban J connectivity index is 2.20.